The van der Waals surface area contributed by atoms with Crippen molar-refractivity contribution >= 4 is 12.0 Å². The van der Waals surface area contributed by atoms with E-state index >= 15 is 0 Å². The van der Waals surface area contributed by atoms with Crippen molar-refractivity contribution < 1.29 is 5.21 Å². The van der Waals surface area contributed by atoms with Crippen molar-refractivity contribution in [2.45, 2.75) is 6.92 Å². The Hall–Kier alpha value is -1.62. The number of pyridine rings is 1. The van der Waals surface area contributed by atoms with Crippen LogP contribution in [-0.2, 0) is 0 Å². The number of hydrogen-bond donors (Lipinski definition) is 2. The molecule has 0 bridgehead atoms. The summed E-state index contributed by atoms with van der Waals surface area (Å²) in [6.45, 7) is 5.89. The van der Waals surface area contributed by atoms with Gasteiger partial charge in [0.1, 0.15) is 5.82 Å². The Morgan fingerprint density at radius 1 is 1.44 bits per heavy atom. The van der Waals surface area contributed by atoms with E-state index < -0.39 is 0 Å². The molecule has 5 heteroatoms. The van der Waals surface area contributed by atoms with Crippen LogP contribution in [0.5, 0.6) is 0 Å². The maximum absolute atomic E-state index is 8.49. The van der Waals surface area contributed by atoms with Gasteiger partial charge in [0.25, 0.3) is 0 Å². The van der Waals surface area contributed by atoms with Crippen molar-refractivity contribution in [3.63, 3.8) is 0 Å². The molecular weight excluding hydrogens is 204 g/mol. The molecule has 1 aromatic rings. The molecule has 1 fully saturated rings. The number of aryl methyl sites for hydroxylation is 1. The molecule has 1 aliphatic heterocycles. The number of nitrogens with zero attached hydrogens (tertiary/aromatic N) is 3. The summed E-state index contributed by atoms with van der Waals surface area (Å²) in [6, 6.07) is 3.90. The smallest absolute Gasteiger partial charge is 0.128 e. The van der Waals surface area contributed by atoms with Crippen LogP contribution < -0.4 is 10.2 Å². The molecule has 1 saturated heterocycles. The van der Waals surface area contributed by atoms with E-state index in [1.807, 2.05) is 19.1 Å². The van der Waals surface area contributed by atoms with Crippen molar-refractivity contribution in [3.8, 4) is 0 Å². The lowest BCUT2D eigenvalue weighted by Crippen LogP contribution is -2.43. The second-order valence-corrected chi connectivity index (χ2v) is 3.83. The fourth-order valence-corrected chi connectivity index (χ4v) is 1.83. The lowest BCUT2D eigenvalue weighted by atomic mass is 10.2. The van der Waals surface area contributed by atoms with Crippen LogP contribution in [0.25, 0.3) is 0 Å². The summed E-state index contributed by atoms with van der Waals surface area (Å²) in [6.07, 6.45) is 1.41. The van der Waals surface area contributed by atoms with Crippen molar-refractivity contribution in [2.75, 3.05) is 31.1 Å². The third kappa shape index (κ3) is 2.30. The van der Waals surface area contributed by atoms with Gasteiger partial charge >= 0.3 is 0 Å². The number of oxime groups is 1. The summed E-state index contributed by atoms with van der Waals surface area (Å²) in [5.74, 6) is 0.995. The SMILES string of the molecule is Cc1nc(N2CCNCC2)ccc1/C=N\O. The fourth-order valence-electron chi connectivity index (χ4n) is 1.83. The summed E-state index contributed by atoms with van der Waals surface area (Å²) in [5.41, 5.74) is 1.73. The summed E-state index contributed by atoms with van der Waals surface area (Å²) >= 11 is 0. The van der Waals surface area contributed by atoms with Crippen molar-refractivity contribution in [1.29, 1.82) is 0 Å². The Bertz CT molecular complexity index is 386. The van der Waals surface area contributed by atoms with Gasteiger partial charge in [-0.25, -0.2) is 4.98 Å². The molecule has 0 radical (unpaired) electrons. The lowest BCUT2D eigenvalue weighted by Gasteiger charge is -2.28. The molecule has 2 N–H and O–H groups in total. The van der Waals surface area contributed by atoms with Crippen LogP contribution in [0.4, 0.5) is 5.82 Å². The summed E-state index contributed by atoms with van der Waals surface area (Å²) in [5, 5.41) is 14.8. The highest BCUT2D eigenvalue weighted by Gasteiger charge is 2.12. The highest BCUT2D eigenvalue weighted by molar-refractivity contribution is 5.80. The first-order valence-corrected chi connectivity index (χ1v) is 5.42. The number of aromatic nitrogens is 1. The van der Waals surface area contributed by atoms with E-state index in [4.69, 9.17) is 5.21 Å². The Balaban J connectivity index is 2.19. The van der Waals surface area contributed by atoms with Crippen LogP contribution in [0.1, 0.15) is 11.3 Å². The molecular formula is C11H16N4O. The summed E-state index contributed by atoms with van der Waals surface area (Å²) in [7, 11) is 0. The normalized spacial score (nSPS) is 16.9. The van der Waals surface area contributed by atoms with Gasteiger partial charge in [-0.2, -0.15) is 0 Å². The second-order valence-electron chi connectivity index (χ2n) is 3.83. The Morgan fingerprint density at radius 3 is 2.81 bits per heavy atom. The first kappa shape index (κ1) is 10.9. The summed E-state index contributed by atoms with van der Waals surface area (Å²) in [4.78, 5) is 6.76. The van der Waals surface area contributed by atoms with Gasteiger partial charge in [-0.05, 0) is 19.1 Å². The van der Waals surface area contributed by atoms with Crippen LogP contribution in [0, 0.1) is 6.92 Å². The van der Waals surface area contributed by atoms with Gasteiger partial charge in [-0.3, -0.25) is 0 Å². The Labute approximate surface area is 94.8 Å². The zero-order valence-electron chi connectivity index (χ0n) is 9.35. The molecule has 2 heterocycles. The largest absolute Gasteiger partial charge is 0.411 e. The molecule has 1 aromatic heterocycles. The minimum absolute atomic E-state index is 0.849. The number of nitrogens with one attached hydrogen (secondary N) is 1. The van der Waals surface area contributed by atoms with E-state index in [0.717, 1.165) is 43.3 Å². The molecule has 0 aliphatic carbocycles. The molecule has 5 nitrogen and oxygen atoms in total. The first-order chi connectivity index (χ1) is 7.81. The quantitative estimate of drug-likeness (QED) is 0.435. The van der Waals surface area contributed by atoms with Gasteiger partial charge in [0.2, 0.25) is 0 Å². The second kappa shape index (κ2) is 4.94. The molecule has 0 amide bonds. The monoisotopic (exact) mass is 220 g/mol. The van der Waals surface area contributed by atoms with Crippen LogP contribution in [0.3, 0.4) is 0 Å². The zero-order valence-corrected chi connectivity index (χ0v) is 9.35. The van der Waals surface area contributed by atoms with Crippen LogP contribution >= 0.6 is 0 Å². The first-order valence-electron chi connectivity index (χ1n) is 5.42. The standard InChI is InChI=1S/C11H16N4O/c1-9-10(8-13-16)2-3-11(14-9)15-6-4-12-5-7-15/h2-3,8,12,16H,4-7H2,1H3/b13-8-. The zero-order chi connectivity index (χ0) is 11.4. The van der Waals surface area contributed by atoms with Gasteiger partial charge in [-0.1, -0.05) is 5.16 Å². The Morgan fingerprint density at radius 2 is 2.19 bits per heavy atom. The predicted molar refractivity (Wildman–Crippen MR) is 63.4 cm³/mol. The van der Waals surface area contributed by atoms with Gasteiger partial charge in [-0.15, -0.1) is 0 Å². The van der Waals surface area contributed by atoms with Gasteiger partial charge < -0.3 is 15.4 Å². The van der Waals surface area contributed by atoms with E-state index in [-0.39, 0.29) is 0 Å². The maximum Gasteiger partial charge on any atom is 0.128 e. The van der Waals surface area contributed by atoms with E-state index in [1.54, 1.807) is 0 Å². The third-order valence-corrected chi connectivity index (χ3v) is 2.75. The van der Waals surface area contributed by atoms with Crippen molar-refractivity contribution in [1.82, 2.24) is 10.3 Å². The molecule has 1 aliphatic rings. The average molecular weight is 220 g/mol. The number of piperazine rings is 1. The highest BCUT2D eigenvalue weighted by Crippen LogP contribution is 2.14. The van der Waals surface area contributed by atoms with Gasteiger partial charge in [0, 0.05) is 37.4 Å². The number of hydrogen-bond acceptors (Lipinski definition) is 5. The van der Waals surface area contributed by atoms with E-state index in [2.05, 4.69) is 20.4 Å². The minimum Gasteiger partial charge on any atom is -0.411 e. The minimum atomic E-state index is 0.849. The molecule has 0 saturated carbocycles. The molecule has 0 spiro atoms. The highest BCUT2D eigenvalue weighted by atomic mass is 16.4. The Kier molecular flexibility index (Phi) is 3.36. The summed E-state index contributed by atoms with van der Waals surface area (Å²) < 4.78 is 0. The molecule has 86 valence electrons. The van der Waals surface area contributed by atoms with E-state index in [9.17, 15) is 0 Å². The van der Waals surface area contributed by atoms with E-state index in [0.29, 0.717) is 0 Å². The molecule has 0 unspecified atom stereocenters. The molecule has 16 heavy (non-hydrogen) atoms. The number of anilines is 1. The number of rotatable bonds is 2. The predicted octanol–water partition coefficient (Wildman–Crippen LogP) is 0.608. The van der Waals surface area contributed by atoms with Crippen molar-refractivity contribution in [3.05, 3.63) is 23.4 Å². The molecule has 0 aromatic carbocycles. The topological polar surface area (TPSA) is 60.8 Å². The third-order valence-electron chi connectivity index (χ3n) is 2.75. The fraction of sp³-hybridized carbons (Fsp3) is 0.455. The van der Waals surface area contributed by atoms with Crippen LogP contribution in [-0.4, -0.2) is 42.6 Å². The molecule has 2 rings (SSSR count). The van der Waals surface area contributed by atoms with Crippen LogP contribution in [0.15, 0.2) is 17.3 Å². The average Bonchev–Trinajstić information content (AvgIpc) is 2.33. The molecule has 0 atom stereocenters. The lowest BCUT2D eigenvalue weighted by molar-refractivity contribution is 0.322. The maximum atomic E-state index is 8.49. The van der Waals surface area contributed by atoms with E-state index in [1.165, 1.54) is 6.21 Å². The van der Waals surface area contributed by atoms with Gasteiger partial charge in [0.15, 0.2) is 0 Å². The van der Waals surface area contributed by atoms with Crippen molar-refractivity contribution in [2.24, 2.45) is 5.16 Å². The van der Waals surface area contributed by atoms with Gasteiger partial charge in [0.05, 0.1) is 6.21 Å². The van der Waals surface area contributed by atoms with Crippen LogP contribution in [0.2, 0.25) is 0 Å².